The topological polar surface area (TPSA) is 78.8 Å². The molecule has 0 radical (unpaired) electrons. The number of ether oxygens (including phenoxy) is 1. The Hall–Kier alpha value is -2.50. The van der Waals surface area contributed by atoms with Crippen LogP contribution in [0.5, 0.6) is 5.75 Å². The first-order chi connectivity index (χ1) is 12.8. The molecule has 0 spiro atoms. The SMILES string of the molecule is O=C(Nc1cc(C(F)(F)F)cc(C(F)(F)F)c1)c1cc(Cl)ccc1OC(O)O. The minimum Gasteiger partial charge on any atom is -0.441 e. The molecule has 0 aliphatic heterocycles. The molecule has 0 bridgehead atoms. The summed E-state index contributed by atoms with van der Waals surface area (Å²) >= 11 is 5.71. The molecule has 0 aromatic heterocycles. The van der Waals surface area contributed by atoms with Crippen molar-refractivity contribution in [2.24, 2.45) is 0 Å². The summed E-state index contributed by atoms with van der Waals surface area (Å²) in [6.45, 7) is -2.34. The largest absolute Gasteiger partial charge is 0.441 e. The van der Waals surface area contributed by atoms with Gasteiger partial charge in [0, 0.05) is 10.7 Å². The molecule has 12 heteroatoms. The minimum absolute atomic E-state index is 0.0232. The van der Waals surface area contributed by atoms with Gasteiger partial charge < -0.3 is 20.3 Å². The molecule has 3 N–H and O–H groups in total. The molecular weight excluding hydrogens is 420 g/mol. The van der Waals surface area contributed by atoms with Crippen LogP contribution in [0, 0.1) is 0 Å². The van der Waals surface area contributed by atoms with Gasteiger partial charge in [-0.1, -0.05) is 11.6 Å². The second kappa shape index (κ2) is 7.86. The molecule has 0 saturated carbocycles. The summed E-state index contributed by atoms with van der Waals surface area (Å²) in [5.74, 6) is -1.61. The van der Waals surface area contributed by atoms with E-state index in [0.29, 0.717) is 12.1 Å². The van der Waals surface area contributed by atoms with E-state index in [1.54, 1.807) is 0 Å². The van der Waals surface area contributed by atoms with Crippen LogP contribution in [0.1, 0.15) is 21.5 Å². The number of alkyl halides is 6. The van der Waals surface area contributed by atoms with Crippen LogP contribution in [0.4, 0.5) is 32.0 Å². The molecule has 0 unspecified atom stereocenters. The van der Waals surface area contributed by atoms with E-state index < -0.39 is 52.9 Å². The third-order valence-electron chi connectivity index (χ3n) is 3.26. The molecular formula is C16H10ClF6NO4. The van der Waals surface area contributed by atoms with Gasteiger partial charge in [-0.3, -0.25) is 4.79 Å². The highest BCUT2D eigenvalue weighted by molar-refractivity contribution is 6.31. The second-order valence-corrected chi connectivity index (χ2v) is 5.77. The number of nitrogens with one attached hydrogen (secondary N) is 1. The Bertz CT molecular complexity index is 850. The van der Waals surface area contributed by atoms with Crippen LogP contribution in [-0.2, 0) is 12.4 Å². The van der Waals surface area contributed by atoms with Gasteiger partial charge in [-0.2, -0.15) is 26.3 Å². The fraction of sp³-hybridized carbons (Fsp3) is 0.188. The number of halogens is 7. The van der Waals surface area contributed by atoms with Crippen molar-refractivity contribution >= 4 is 23.2 Å². The zero-order valence-electron chi connectivity index (χ0n) is 13.4. The van der Waals surface area contributed by atoms with Gasteiger partial charge >= 0.3 is 18.8 Å². The molecule has 0 aliphatic carbocycles. The van der Waals surface area contributed by atoms with Crippen LogP contribution >= 0.6 is 11.6 Å². The maximum absolute atomic E-state index is 12.9. The summed E-state index contributed by atoms with van der Waals surface area (Å²) in [6.07, 6.45) is -10.2. The molecule has 28 heavy (non-hydrogen) atoms. The molecule has 0 heterocycles. The summed E-state index contributed by atoms with van der Waals surface area (Å²) in [5, 5.41) is 19.5. The van der Waals surface area contributed by atoms with E-state index in [1.165, 1.54) is 6.07 Å². The maximum Gasteiger partial charge on any atom is 0.416 e. The molecule has 152 valence electrons. The number of anilines is 1. The highest BCUT2D eigenvalue weighted by atomic mass is 35.5. The van der Waals surface area contributed by atoms with Gasteiger partial charge in [-0.15, -0.1) is 0 Å². The lowest BCUT2D eigenvalue weighted by Gasteiger charge is -2.16. The Kier molecular flexibility index (Phi) is 6.12. The Morgan fingerprint density at radius 1 is 0.964 bits per heavy atom. The van der Waals surface area contributed by atoms with Crippen LogP contribution in [0.25, 0.3) is 0 Å². The predicted octanol–water partition coefficient (Wildman–Crippen LogP) is 4.28. The zero-order valence-corrected chi connectivity index (χ0v) is 14.2. The number of hydrogen-bond donors (Lipinski definition) is 3. The number of carbonyl (C=O) groups excluding carboxylic acids is 1. The third-order valence-corrected chi connectivity index (χ3v) is 3.50. The second-order valence-electron chi connectivity index (χ2n) is 5.33. The molecule has 0 aliphatic rings. The number of carbonyl (C=O) groups is 1. The third kappa shape index (κ3) is 5.50. The summed E-state index contributed by atoms with van der Waals surface area (Å²) in [4.78, 5) is 12.3. The Morgan fingerprint density at radius 2 is 1.50 bits per heavy atom. The van der Waals surface area contributed by atoms with Gasteiger partial charge in [0.1, 0.15) is 5.75 Å². The van der Waals surface area contributed by atoms with E-state index in [9.17, 15) is 31.1 Å². The molecule has 0 fully saturated rings. The van der Waals surface area contributed by atoms with Crippen LogP contribution in [-0.4, -0.2) is 22.6 Å². The van der Waals surface area contributed by atoms with E-state index in [2.05, 4.69) is 4.74 Å². The van der Waals surface area contributed by atoms with E-state index in [-0.39, 0.29) is 11.1 Å². The summed E-state index contributed by atoms with van der Waals surface area (Å²) in [6, 6.07) is 3.79. The van der Waals surface area contributed by atoms with E-state index in [4.69, 9.17) is 21.8 Å². The average molecular weight is 430 g/mol. The Labute approximate surface area is 158 Å². The molecule has 2 aromatic rings. The highest BCUT2D eigenvalue weighted by Crippen LogP contribution is 2.37. The number of benzene rings is 2. The summed E-state index contributed by atoms with van der Waals surface area (Å²) < 4.78 is 81.8. The normalized spacial score (nSPS) is 12.2. The number of aliphatic hydroxyl groups is 2. The molecule has 2 rings (SSSR count). The van der Waals surface area contributed by atoms with Crippen LogP contribution in [0.15, 0.2) is 36.4 Å². The van der Waals surface area contributed by atoms with Crippen LogP contribution < -0.4 is 10.1 Å². The zero-order chi connectivity index (χ0) is 21.3. The first-order valence-electron chi connectivity index (χ1n) is 7.20. The van der Waals surface area contributed by atoms with Crippen LogP contribution in [0.3, 0.4) is 0 Å². The van der Waals surface area contributed by atoms with E-state index >= 15 is 0 Å². The fourth-order valence-electron chi connectivity index (χ4n) is 2.12. The molecule has 5 nitrogen and oxygen atoms in total. The fourth-order valence-corrected chi connectivity index (χ4v) is 2.29. The van der Waals surface area contributed by atoms with Gasteiger partial charge in [0.05, 0.1) is 16.7 Å². The van der Waals surface area contributed by atoms with E-state index in [0.717, 1.165) is 12.1 Å². The smallest absolute Gasteiger partial charge is 0.416 e. The average Bonchev–Trinajstić information content (AvgIpc) is 2.54. The maximum atomic E-state index is 12.9. The van der Waals surface area contributed by atoms with Crippen molar-refractivity contribution in [2.45, 2.75) is 18.8 Å². The van der Waals surface area contributed by atoms with Crippen molar-refractivity contribution in [3.63, 3.8) is 0 Å². The van der Waals surface area contributed by atoms with Crippen molar-refractivity contribution in [3.8, 4) is 5.75 Å². The lowest BCUT2D eigenvalue weighted by Crippen LogP contribution is -2.19. The van der Waals surface area contributed by atoms with Crippen molar-refractivity contribution < 1.29 is 46.1 Å². The van der Waals surface area contributed by atoms with Gasteiger partial charge in [-0.05, 0) is 36.4 Å². The first kappa shape index (κ1) is 21.8. The quantitative estimate of drug-likeness (QED) is 0.501. The highest BCUT2D eigenvalue weighted by Gasteiger charge is 2.37. The number of amides is 1. The Balaban J connectivity index is 2.45. The summed E-state index contributed by atoms with van der Waals surface area (Å²) in [5.41, 5.74) is -4.48. The lowest BCUT2D eigenvalue weighted by molar-refractivity contribution is -0.179. The van der Waals surface area contributed by atoms with E-state index in [1.807, 2.05) is 5.32 Å². The van der Waals surface area contributed by atoms with Crippen LogP contribution in [0.2, 0.25) is 5.02 Å². The molecule has 1 amide bonds. The van der Waals surface area contributed by atoms with Gasteiger partial charge in [0.25, 0.3) is 5.91 Å². The van der Waals surface area contributed by atoms with Gasteiger partial charge in [0.15, 0.2) is 0 Å². The summed E-state index contributed by atoms with van der Waals surface area (Å²) in [7, 11) is 0. The van der Waals surface area contributed by atoms with Gasteiger partial charge in [0.2, 0.25) is 0 Å². The standard InChI is InChI=1S/C16H10ClF6NO4/c17-9-1-2-12(28-14(26)27)11(6-9)13(25)24-10-4-7(15(18,19)20)3-8(5-10)16(21,22)23/h1-6,14,26-27H,(H,24,25). The predicted molar refractivity (Wildman–Crippen MR) is 84.7 cm³/mol. The van der Waals surface area contributed by atoms with Gasteiger partial charge in [-0.25, -0.2) is 0 Å². The Morgan fingerprint density at radius 3 is 1.96 bits per heavy atom. The first-order valence-corrected chi connectivity index (χ1v) is 7.58. The number of aliphatic hydroxyl groups excluding tert-OH is 1. The number of hydrogen-bond acceptors (Lipinski definition) is 4. The molecule has 0 atom stereocenters. The molecule has 0 saturated heterocycles. The molecule has 2 aromatic carbocycles. The monoisotopic (exact) mass is 429 g/mol. The van der Waals surface area contributed by atoms with Crippen molar-refractivity contribution in [3.05, 3.63) is 58.1 Å². The van der Waals surface area contributed by atoms with Crippen molar-refractivity contribution in [2.75, 3.05) is 5.32 Å². The number of rotatable bonds is 4. The van der Waals surface area contributed by atoms with Crippen molar-refractivity contribution in [1.82, 2.24) is 0 Å². The lowest BCUT2D eigenvalue weighted by atomic mass is 10.1. The van der Waals surface area contributed by atoms with Crippen molar-refractivity contribution in [1.29, 1.82) is 0 Å². The minimum atomic E-state index is -5.09.